The Morgan fingerprint density at radius 2 is 1.74 bits per heavy atom. The van der Waals surface area contributed by atoms with Crippen molar-refractivity contribution in [3.8, 4) is 5.75 Å². The molecule has 0 aliphatic carbocycles. The van der Waals surface area contributed by atoms with Crippen LogP contribution in [0.2, 0.25) is 0 Å². The zero-order chi connectivity index (χ0) is 25.1. The van der Waals surface area contributed by atoms with E-state index in [1.54, 1.807) is 17.0 Å². The van der Waals surface area contributed by atoms with Crippen molar-refractivity contribution in [2.24, 2.45) is 0 Å². The van der Waals surface area contributed by atoms with Crippen molar-refractivity contribution in [2.45, 2.75) is 37.9 Å². The number of piperidine rings is 1. The number of anilines is 1. The molecule has 2 aromatic carbocycles. The number of carbonyl (C=O) groups is 1. The van der Waals surface area contributed by atoms with Crippen LogP contribution in [0.4, 0.5) is 10.1 Å². The van der Waals surface area contributed by atoms with Crippen molar-refractivity contribution in [1.29, 1.82) is 0 Å². The highest BCUT2D eigenvalue weighted by molar-refractivity contribution is 5.73. The fraction of sp³-hybridized carbons (Fsp3) is 0.519. The van der Waals surface area contributed by atoms with E-state index in [0.29, 0.717) is 38.2 Å². The van der Waals surface area contributed by atoms with Gasteiger partial charge in [-0.1, -0.05) is 24.3 Å². The molecule has 0 saturated carbocycles. The van der Waals surface area contributed by atoms with Gasteiger partial charge in [0, 0.05) is 57.9 Å². The summed E-state index contributed by atoms with van der Waals surface area (Å²) in [5.41, 5.74) is 0.185. The molecule has 7 nitrogen and oxygen atoms in total. The molecule has 4 rings (SSSR count). The number of rotatable bonds is 6. The van der Waals surface area contributed by atoms with Crippen LogP contribution in [0, 0.1) is 12.7 Å². The molecule has 2 saturated heterocycles. The Balaban J connectivity index is 1.41. The first-order valence-electron chi connectivity index (χ1n) is 12.3. The number of hydrogen-bond acceptors (Lipinski definition) is 6. The van der Waals surface area contributed by atoms with E-state index in [9.17, 15) is 19.4 Å². The second kappa shape index (κ2) is 10.5. The molecular formula is C27H36FN3O4. The summed E-state index contributed by atoms with van der Waals surface area (Å²) in [5.74, 6) is -0.214. The Morgan fingerprint density at radius 3 is 2.43 bits per heavy atom. The minimum absolute atomic E-state index is 0.0871. The van der Waals surface area contributed by atoms with Crippen molar-refractivity contribution < 1.29 is 24.1 Å². The van der Waals surface area contributed by atoms with Crippen LogP contribution in [-0.4, -0.2) is 89.5 Å². The highest BCUT2D eigenvalue weighted by Gasteiger charge is 2.41. The van der Waals surface area contributed by atoms with Crippen LogP contribution in [-0.2, 0) is 4.79 Å². The van der Waals surface area contributed by atoms with E-state index in [0.717, 1.165) is 13.1 Å². The summed E-state index contributed by atoms with van der Waals surface area (Å²) < 4.78 is 19.3. The Kier molecular flexibility index (Phi) is 7.64. The van der Waals surface area contributed by atoms with Crippen molar-refractivity contribution in [3.63, 3.8) is 0 Å². The summed E-state index contributed by atoms with van der Waals surface area (Å²) >= 11 is 0. The van der Waals surface area contributed by atoms with Crippen LogP contribution in [0.25, 0.3) is 0 Å². The van der Waals surface area contributed by atoms with Gasteiger partial charge in [-0.05, 0) is 43.5 Å². The van der Waals surface area contributed by atoms with Crippen molar-refractivity contribution in [1.82, 2.24) is 9.80 Å². The summed E-state index contributed by atoms with van der Waals surface area (Å²) in [5, 5.41) is 22.9. The fourth-order valence-corrected chi connectivity index (χ4v) is 5.17. The molecule has 0 aromatic heterocycles. The van der Waals surface area contributed by atoms with Crippen molar-refractivity contribution >= 4 is 11.6 Å². The molecule has 190 valence electrons. The van der Waals surface area contributed by atoms with Gasteiger partial charge in [-0.3, -0.25) is 9.69 Å². The predicted octanol–water partition coefficient (Wildman–Crippen LogP) is 2.44. The Hall–Kier alpha value is -2.68. The SMILES string of the molecule is CC(=O)N1CCN(CC2(O)CCN(c3ccccc3C)CC2)C[C@@](O)(COc2cccc(F)c2)C1. The quantitative estimate of drug-likeness (QED) is 0.655. The van der Waals surface area contributed by atoms with Gasteiger partial charge in [0.25, 0.3) is 0 Å². The zero-order valence-electron chi connectivity index (χ0n) is 20.6. The summed E-state index contributed by atoms with van der Waals surface area (Å²) in [4.78, 5) is 18.1. The van der Waals surface area contributed by atoms with Crippen molar-refractivity contribution in [3.05, 3.63) is 59.9 Å². The average Bonchev–Trinajstić information content (AvgIpc) is 2.98. The van der Waals surface area contributed by atoms with Gasteiger partial charge in [0.2, 0.25) is 5.91 Å². The first-order valence-corrected chi connectivity index (χ1v) is 12.3. The molecule has 1 atom stereocenters. The highest BCUT2D eigenvalue weighted by atomic mass is 19.1. The second-order valence-corrected chi connectivity index (χ2v) is 10.1. The number of carbonyl (C=O) groups excluding carboxylic acids is 1. The lowest BCUT2D eigenvalue weighted by molar-refractivity contribution is -0.132. The van der Waals surface area contributed by atoms with Crippen LogP contribution in [0.1, 0.15) is 25.3 Å². The number of aryl methyl sites for hydroxylation is 1. The van der Waals surface area contributed by atoms with E-state index < -0.39 is 17.0 Å². The molecule has 1 amide bonds. The fourth-order valence-electron chi connectivity index (χ4n) is 5.17. The van der Waals surface area contributed by atoms with Crippen LogP contribution >= 0.6 is 0 Å². The molecular weight excluding hydrogens is 449 g/mol. The van der Waals surface area contributed by atoms with Crippen LogP contribution in [0.3, 0.4) is 0 Å². The van der Waals surface area contributed by atoms with Crippen molar-refractivity contribution in [2.75, 3.05) is 57.3 Å². The highest BCUT2D eigenvalue weighted by Crippen LogP contribution is 2.30. The number of nitrogens with zero attached hydrogens (tertiary/aromatic N) is 3. The molecule has 8 heteroatoms. The van der Waals surface area contributed by atoms with Gasteiger partial charge in [-0.15, -0.1) is 0 Å². The smallest absolute Gasteiger partial charge is 0.219 e. The van der Waals surface area contributed by atoms with Gasteiger partial charge < -0.3 is 24.7 Å². The normalized spacial score (nSPS) is 23.1. The molecule has 2 aliphatic heterocycles. The summed E-state index contributed by atoms with van der Waals surface area (Å²) in [6.45, 7) is 6.78. The molecule has 2 aromatic rings. The summed E-state index contributed by atoms with van der Waals surface area (Å²) in [6, 6.07) is 14.1. The van der Waals surface area contributed by atoms with E-state index in [4.69, 9.17) is 4.74 Å². The monoisotopic (exact) mass is 485 g/mol. The largest absolute Gasteiger partial charge is 0.490 e. The Morgan fingerprint density at radius 1 is 1.00 bits per heavy atom. The Bertz CT molecular complexity index is 1030. The Labute approximate surface area is 206 Å². The van der Waals surface area contributed by atoms with Gasteiger partial charge in [-0.2, -0.15) is 0 Å². The topological polar surface area (TPSA) is 76.5 Å². The molecule has 0 spiro atoms. The van der Waals surface area contributed by atoms with E-state index in [1.165, 1.54) is 30.3 Å². The first-order chi connectivity index (χ1) is 16.6. The molecule has 0 unspecified atom stereocenters. The first kappa shape index (κ1) is 25.4. The third-order valence-corrected chi connectivity index (χ3v) is 7.11. The van der Waals surface area contributed by atoms with Gasteiger partial charge in [0.15, 0.2) is 0 Å². The van der Waals surface area contributed by atoms with Gasteiger partial charge in [0.05, 0.1) is 12.1 Å². The number of para-hydroxylation sites is 1. The third kappa shape index (κ3) is 6.51. The maximum Gasteiger partial charge on any atom is 0.219 e. The standard InChI is InChI=1S/C27H36FN3O4/c1-21-6-3-4-9-25(21)30-12-10-26(33,11-13-30)17-29-14-15-31(22(2)32)19-27(34,18-29)20-35-24-8-5-7-23(28)16-24/h3-9,16,33-34H,10-15,17-20H2,1-2H3/t27-/m0/s1. The second-order valence-electron chi connectivity index (χ2n) is 10.1. The molecule has 2 heterocycles. The molecule has 2 fully saturated rings. The van der Waals surface area contributed by atoms with E-state index in [1.807, 2.05) is 17.0 Å². The maximum absolute atomic E-state index is 13.5. The molecule has 35 heavy (non-hydrogen) atoms. The molecule has 2 aliphatic rings. The van der Waals surface area contributed by atoms with Gasteiger partial charge in [0.1, 0.15) is 23.8 Å². The lowest BCUT2D eigenvalue weighted by Crippen LogP contribution is -2.55. The molecule has 0 radical (unpaired) electrons. The lowest BCUT2D eigenvalue weighted by atomic mass is 9.89. The van der Waals surface area contributed by atoms with Gasteiger partial charge in [-0.25, -0.2) is 4.39 Å². The molecule has 2 N–H and O–H groups in total. The number of aliphatic hydroxyl groups is 2. The minimum atomic E-state index is -1.35. The number of hydrogen-bond donors (Lipinski definition) is 2. The number of benzene rings is 2. The van der Waals surface area contributed by atoms with E-state index in [-0.39, 0.29) is 25.6 Å². The third-order valence-electron chi connectivity index (χ3n) is 7.11. The van der Waals surface area contributed by atoms with E-state index in [2.05, 4.69) is 24.0 Å². The average molecular weight is 486 g/mol. The van der Waals surface area contributed by atoms with Crippen LogP contribution in [0.5, 0.6) is 5.75 Å². The van der Waals surface area contributed by atoms with Crippen LogP contribution in [0.15, 0.2) is 48.5 Å². The summed E-state index contributed by atoms with van der Waals surface area (Å²) in [7, 11) is 0. The minimum Gasteiger partial charge on any atom is -0.490 e. The number of halogens is 1. The van der Waals surface area contributed by atoms with E-state index >= 15 is 0 Å². The predicted molar refractivity (Wildman–Crippen MR) is 133 cm³/mol. The summed E-state index contributed by atoms with van der Waals surface area (Å²) in [6.07, 6.45) is 1.24. The number of β-amino-alcohol motifs (C(OH)–C–C–N with tert-alkyl or cyclic N) is 2. The lowest BCUT2D eigenvalue weighted by Gasteiger charge is -2.43. The zero-order valence-corrected chi connectivity index (χ0v) is 20.6. The van der Waals surface area contributed by atoms with Crippen LogP contribution < -0.4 is 9.64 Å². The maximum atomic E-state index is 13.5. The number of ether oxygens (including phenoxy) is 1. The molecule has 0 bridgehead atoms. The van der Waals surface area contributed by atoms with Gasteiger partial charge >= 0.3 is 0 Å². The number of amides is 1.